The number of hydrogen-bond donors (Lipinski definition) is 1. The monoisotopic (exact) mass is 583 g/mol. The molecule has 0 radical (unpaired) electrons. The van der Waals surface area contributed by atoms with Crippen LogP contribution >= 0.6 is 0 Å². The molecule has 5 rings (SSSR count). The van der Waals surface area contributed by atoms with E-state index < -0.39 is 35.2 Å². The number of nitrogens with zero attached hydrogens (tertiary/aromatic N) is 4. The Morgan fingerprint density at radius 3 is 2.43 bits per heavy atom. The molecule has 2 fully saturated rings. The molecule has 0 spiro atoms. The summed E-state index contributed by atoms with van der Waals surface area (Å²) in [7, 11) is 1.97. The van der Waals surface area contributed by atoms with E-state index in [2.05, 4.69) is 10.2 Å². The first kappa shape index (κ1) is 29.0. The molecule has 0 aliphatic carbocycles. The first-order valence-electron chi connectivity index (χ1n) is 13.6. The van der Waals surface area contributed by atoms with E-state index in [-0.39, 0.29) is 59.1 Å². The van der Waals surface area contributed by atoms with Crippen LogP contribution in [0.2, 0.25) is 0 Å². The van der Waals surface area contributed by atoms with Gasteiger partial charge in [-0.05, 0) is 44.3 Å². The summed E-state index contributed by atoms with van der Waals surface area (Å²) in [5.41, 5.74) is -0.464. The smallest absolute Gasteiger partial charge is 0.414 e. The van der Waals surface area contributed by atoms with Crippen LogP contribution in [-0.4, -0.2) is 86.5 Å². The van der Waals surface area contributed by atoms with Gasteiger partial charge in [-0.25, -0.2) is 18.4 Å². The second-order valence-corrected chi connectivity index (χ2v) is 10.3. The van der Waals surface area contributed by atoms with E-state index in [1.54, 1.807) is 6.92 Å². The van der Waals surface area contributed by atoms with Gasteiger partial charge in [0.1, 0.15) is 23.3 Å². The van der Waals surface area contributed by atoms with Crippen LogP contribution in [-0.2, 0) is 14.3 Å². The molecule has 2 amide bonds. The maximum absolute atomic E-state index is 15.8. The number of nitrogens with one attached hydrogen (secondary N) is 1. The Morgan fingerprint density at radius 2 is 1.76 bits per heavy atom. The van der Waals surface area contributed by atoms with Gasteiger partial charge in [0.05, 0.1) is 42.3 Å². The van der Waals surface area contributed by atoms with Gasteiger partial charge in [0.15, 0.2) is 0 Å². The van der Waals surface area contributed by atoms with Gasteiger partial charge in [0, 0.05) is 44.7 Å². The fourth-order valence-electron chi connectivity index (χ4n) is 5.13. The van der Waals surface area contributed by atoms with Gasteiger partial charge in [-0.1, -0.05) is 0 Å². The number of esters is 1. The quantitative estimate of drug-likeness (QED) is 0.423. The molecule has 2 aliphatic rings. The van der Waals surface area contributed by atoms with Gasteiger partial charge in [-0.15, -0.1) is 0 Å². The van der Waals surface area contributed by atoms with Gasteiger partial charge in [-0.3, -0.25) is 14.5 Å². The summed E-state index contributed by atoms with van der Waals surface area (Å²) in [6.07, 6.45) is -0.106. The highest BCUT2D eigenvalue weighted by Gasteiger charge is 2.33. The van der Waals surface area contributed by atoms with E-state index in [4.69, 9.17) is 9.47 Å². The standard InChI is InChI=1S/C29H31F2N5O6/c1-4-41-28(39)21-16-36(25-13-26(23(31)12-20(25)27(21)38)34-9-7-33(3)8-10-34)24-6-5-18(11-22(24)30)35-15-19(42-29(35)40)14-32-17(2)37/h5-6,11-13,16,19H,4,7-10,14-15H2,1-3H3,(H,32,37)/t19-/m0/s1. The zero-order chi connectivity index (χ0) is 30.1. The number of carbonyl (C=O) groups is 3. The van der Waals surface area contributed by atoms with Crippen LogP contribution in [0, 0.1) is 11.6 Å². The number of ether oxygens (including phenoxy) is 2. The molecule has 2 aliphatic heterocycles. The van der Waals surface area contributed by atoms with Crippen molar-refractivity contribution in [2.45, 2.75) is 20.0 Å². The lowest BCUT2D eigenvalue weighted by Gasteiger charge is -2.34. The number of carbonyl (C=O) groups excluding carboxylic acids is 3. The number of halogens is 2. The molecule has 0 unspecified atom stereocenters. The fraction of sp³-hybridized carbons (Fsp3) is 0.379. The second-order valence-electron chi connectivity index (χ2n) is 10.3. The minimum Gasteiger partial charge on any atom is -0.462 e. The summed E-state index contributed by atoms with van der Waals surface area (Å²) in [5, 5.41) is 2.48. The molecule has 13 heteroatoms. The molecule has 42 heavy (non-hydrogen) atoms. The molecule has 2 aromatic carbocycles. The Labute approximate surface area is 240 Å². The number of hydrogen-bond acceptors (Lipinski definition) is 8. The number of anilines is 2. The van der Waals surface area contributed by atoms with E-state index in [0.717, 1.165) is 12.1 Å². The summed E-state index contributed by atoms with van der Waals surface area (Å²) < 4.78 is 42.9. The van der Waals surface area contributed by atoms with E-state index in [9.17, 15) is 19.2 Å². The van der Waals surface area contributed by atoms with Gasteiger partial charge < -0.3 is 29.2 Å². The number of cyclic esters (lactones) is 1. The molecule has 222 valence electrons. The first-order valence-corrected chi connectivity index (χ1v) is 13.6. The predicted molar refractivity (Wildman–Crippen MR) is 151 cm³/mol. The lowest BCUT2D eigenvalue weighted by Crippen LogP contribution is -2.44. The summed E-state index contributed by atoms with van der Waals surface area (Å²) in [6.45, 7) is 5.69. The predicted octanol–water partition coefficient (Wildman–Crippen LogP) is 2.66. The summed E-state index contributed by atoms with van der Waals surface area (Å²) in [6, 6.07) is 6.60. The number of likely N-dealkylation sites (N-methyl/N-ethyl adjacent to an activating group) is 1. The third kappa shape index (κ3) is 5.64. The zero-order valence-corrected chi connectivity index (χ0v) is 23.5. The minimum atomic E-state index is -0.913. The van der Waals surface area contributed by atoms with Crippen LogP contribution < -0.4 is 20.5 Å². The number of pyridine rings is 1. The highest BCUT2D eigenvalue weighted by molar-refractivity contribution is 5.95. The summed E-state index contributed by atoms with van der Waals surface area (Å²) in [4.78, 5) is 54.9. The van der Waals surface area contributed by atoms with Crippen molar-refractivity contribution in [3.63, 3.8) is 0 Å². The van der Waals surface area contributed by atoms with E-state index in [0.29, 0.717) is 26.2 Å². The SMILES string of the molecule is CCOC(=O)c1cn(-c2ccc(N3C[C@H](CNC(C)=O)OC3=O)cc2F)c2cc(N3CCN(C)CC3)c(F)cc2c1=O. The van der Waals surface area contributed by atoms with Crippen molar-refractivity contribution in [3.8, 4) is 5.69 Å². The first-order chi connectivity index (χ1) is 20.1. The van der Waals surface area contributed by atoms with E-state index in [1.807, 2.05) is 11.9 Å². The van der Waals surface area contributed by atoms with Crippen molar-refractivity contribution in [3.05, 3.63) is 63.9 Å². The summed E-state index contributed by atoms with van der Waals surface area (Å²) in [5.74, 6) is -2.58. The molecular formula is C29H31F2N5O6. The van der Waals surface area contributed by atoms with Gasteiger partial charge >= 0.3 is 12.1 Å². The van der Waals surface area contributed by atoms with Crippen LogP contribution in [0.15, 0.2) is 41.3 Å². The van der Waals surface area contributed by atoms with Crippen LogP contribution in [0.5, 0.6) is 0 Å². The number of aromatic nitrogens is 1. The number of piperazine rings is 1. The average Bonchev–Trinajstić information content (AvgIpc) is 3.33. The zero-order valence-electron chi connectivity index (χ0n) is 23.5. The maximum Gasteiger partial charge on any atom is 0.414 e. The van der Waals surface area contributed by atoms with Crippen molar-refractivity contribution in [2.75, 3.05) is 62.7 Å². The van der Waals surface area contributed by atoms with Crippen molar-refractivity contribution in [1.29, 1.82) is 0 Å². The number of amides is 2. The third-order valence-corrected chi connectivity index (χ3v) is 7.37. The van der Waals surface area contributed by atoms with Crippen molar-refractivity contribution >= 4 is 40.2 Å². The topological polar surface area (TPSA) is 113 Å². The number of benzene rings is 2. The van der Waals surface area contributed by atoms with E-state index >= 15 is 8.78 Å². The second kappa shape index (κ2) is 11.8. The molecule has 2 saturated heterocycles. The molecule has 1 atom stereocenters. The Morgan fingerprint density at radius 1 is 1.05 bits per heavy atom. The highest BCUT2D eigenvalue weighted by Crippen LogP contribution is 2.30. The fourth-order valence-corrected chi connectivity index (χ4v) is 5.13. The van der Waals surface area contributed by atoms with Crippen LogP contribution in [0.1, 0.15) is 24.2 Å². The van der Waals surface area contributed by atoms with Crippen LogP contribution in [0.4, 0.5) is 25.0 Å². The molecule has 1 N–H and O–H groups in total. The van der Waals surface area contributed by atoms with Crippen LogP contribution in [0.3, 0.4) is 0 Å². The van der Waals surface area contributed by atoms with Crippen molar-refractivity contribution in [1.82, 2.24) is 14.8 Å². The van der Waals surface area contributed by atoms with E-state index in [1.165, 1.54) is 40.8 Å². The molecule has 0 bridgehead atoms. The Balaban J connectivity index is 1.59. The Bertz CT molecular complexity index is 1620. The lowest BCUT2D eigenvalue weighted by atomic mass is 10.1. The molecule has 11 nitrogen and oxygen atoms in total. The lowest BCUT2D eigenvalue weighted by molar-refractivity contribution is -0.119. The molecule has 3 aromatic rings. The summed E-state index contributed by atoms with van der Waals surface area (Å²) >= 11 is 0. The average molecular weight is 584 g/mol. The molecular weight excluding hydrogens is 552 g/mol. The third-order valence-electron chi connectivity index (χ3n) is 7.37. The van der Waals surface area contributed by atoms with Gasteiger partial charge in [-0.2, -0.15) is 0 Å². The van der Waals surface area contributed by atoms with Crippen molar-refractivity contribution < 1.29 is 32.6 Å². The largest absolute Gasteiger partial charge is 0.462 e. The molecule has 0 saturated carbocycles. The Hall–Kier alpha value is -4.52. The highest BCUT2D eigenvalue weighted by atomic mass is 19.1. The van der Waals surface area contributed by atoms with Crippen LogP contribution in [0.25, 0.3) is 16.6 Å². The van der Waals surface area contributed by atoms with Crippen molar-refractivity contribution in [2.24, 2.45) is 0 Å². The minimum absolute atomic E-state index is 0.00490. The molecule has 1 aromatic heterocycles. The number of fused-ring (bicyclic) bond motifs is 1. The number of rotatable bonds is 7. The Kier molecular flexibility index (Phi) is 8.12. The molecule has 3 heterocycles. The van der Waals surface area contributed by atoms with Gasteiger partial charge in [0.25, 0.3) is 0 Å². The van der Waals surface area contributed by atoms with Gasteiger partial charge in [0.2, 0.25) is 11.3 Å². The normalized spacial score (nSPS) is 17.5. The maximum atomic E-state index is 15.8.